The van der Waals surface area contributed by atoms with Crippen LogP contribution in [0.5, 0.6) is 0 Å². The van der Waals surface area contributed by atoms with Crippen molar-refractivity contribution in [3.63, 3.8) is 0 Å². The van der Waals surface area contributed by atoms with E-state index in [1.807, 2.05) is 6.92 Å². The molecule has 0 aliphatic carbocycles. The van der Waals surface area contributed by atoms with Crippen molar-refractivity contribution in [3.8, 4) is 0 Å². The van der Waals surface area contributed by atoms with Gasteiger partial charge in [-0.15, -0.1) is 0 Å². The van der Waals surface area contributed by atoms with Gasteiger partial charge in [-0.2, -0.15) is 0 Å². The van der Waals surface area contributed by atoms with Crippen molar-refractivity contribution >= 4 is 5.96 Å². The lowest BCUT2D eigenvalue weighted by Gasteiger charge is -2.15. The molecule has 0 spiro atoms. The van der Waals surface area contributed by atoms with E-state index in [1.165, 1.54) is 0 Å². The number of rotatable bonds is 6. The highest BCUT2D eigenvalue weighted by atomic mass is 16.5. The zero-order chi connectivity index (χ0) is 10.8. The molecule has 0 amide bonds. The molecule has 0 fully saturated rings. The summed E-state index contributed by atoms with van der Waals surface area (Å²) in [6, 6.07) is 0.164. The topological polar surface area (TPSA) is 80.9 Å². The highest BCUT2D eigenvalue weighted by Gasteiger charge is 2.02. The minimum atomic E-state index is 0.164. The number of nitrogens with one attached hydrogen (secondary N) is 2. The highest BCUT2D eigenvalue weighted by molar-refractivity contribution is 5.79. The summed E-state index contributed by atoms with van der Waals surface area (Å²) in [7, 11) is 3.28. The minimum absolute atomic E-state index is 0.164. The molecule has 6 nitrogen and oxygen atoms in total. The van der Waals surface area contributed by atoms with Gasteiger partial charge in [-0.05, 0) is 6.92 Å². The van der Waals surface area contributed by atoms with Crippen molar-refractivity contribution in [3.05, 3.63) is 0 Å². The Kier molecular flexibility index (Phi) is 8.20. The van der Waals surface area contributed by atoms with Crippen molar-refractivity contribution in [2.45, 2.75) is 13.0 Å². The van der Waals surface area contributed by atoms with Crippen LogP contribution in [0.2, 0.25) is 0 Å². The fourth-order valence-electron chi connectivity index (χ4n) is 0.907. The number of aliphatic imine (C=N–C) groups is 1. The Labute approximate surface area is 84.8 Å². The van der Waals surface area contributed by atoms with Crippen molar-refractivity contribution in [1.82, 2.24) is 10.7 Å². The molecule has 0 aromatic carbocycles. The summed E-state index contributed by atoms with van der Waals surface area (Å²) in [6.45, 7) is 3.73. The Morgan fingerprint density at radius 1 is 1.43 bits per heavy atom. The van der Waals surface area contributed by atoms with E-state index in [9.17, 15) is 0 Å². The van der Waals surface area contributed by atoms with Crippen molar-refractivity contribution in [1.29, 1.82) is 0 Å². The van der Waals surface area contributed by atoms with Gasteiger partial charge in [0.1, 0.15) is 0 Å². The lowest BCUT2D eigenvalue weighted by Crippen LogP contribution is -2.47. The average molecular weight is 204 g/mol. The quantitative estimate of drug-likeness (QED) is 0.171. The van der Waals surface area contributed by atoms with Gasteiger partial charge in [0.2, 0.25) is 5.96 Å². The predicted octanol–water partition coefficient (Wildman–Crippen LogP) is -0.923. The summed E-state index contributed by atoms with van der Waals surface area (Å²) in [5.74, 6) is 5.82. The van der Waals surface area contributed by atoms with Crippen LogP contribution in [0.15, 0.2) is 4.99 Å². The molecule has 14 heavy (non-hydrogen) atoms. The zero-order valence-corrected chi connectivity index (χ0v) is 9.04. The number of ether oxygens (including phenoxy) is 2. The van der Waals surface area contributed by atoms with Crippen LogP contribution in [-0.4, -0.2) is 46.0 Å². The number of hydrazine groups is 1. The number of hydrogen-bond donors (Lipinski definition) is 3. The van der Waals surface area contributed by atoms with E-state index in [0.717, 1.165) is 0 Å². The Morgan fingerprint density at radius 2 is 2.14 bits per heavy atom. The van der Waals surface area contributed by atoms with Crippen LogP contribution in [-0.2, 0) is 9.47 Å². The Balaban J connectivity index is 3.81. The summed E-state index contributed by atoms with van der Waals surface area (Å²) >= 11 is 0. The standard InChI is InChI=1S/C8H20N4O2/c1-7(6-14-3)11-8(12-9)10-4-5-13-2/h7H,4-6,9H2,1-3H3,(H2,10,11,12). The van der Waals surface area contributed by atoms with Gasteiger partial charge in [0.15, 0.2) is 0 Å². The van der Waals surface area contributed by atoms with Crippen molar-refractivity contribution < 1.29 is 9.47 Å². The van der Waals surface area contributed by atoms with Gasteiger partial charge in [-0.25, -0.2) is 10.8 Å². The first-order valence-corrected chi connectivity index (χ1v) is 4.50. The number of guanidine groups is 1. The second-order valence-electron chi connectivity index (χ2n) is 2.87. The Bertz CT molecular complexity index is 163. The maximum absolute atomic E-state index is 5.27. The second-order valence-corrected chi connectivity index (χ2v) is 2.87. The molecule has 1 atom stereocenters. The van der Waals surface area contributed by atoms with E-state index in [2.05, 4.69) is 15.7 Å². The molecule has 0 aliphatic rings. The summed E-state index contributed by atoms with van der Waals surface area (Å²) in [5, 5.41) is 3.06. The predicted molar refractivity (Wildman–Crippen MR) is 56.0 cm³/mol. The molecule has 0 rings (SSSR count). The molecule has 0 aliphatic heterocycles. The van der Waals surface area contributed by atoms with Crippen molar-refractivity contribution in [2.24, 2.45) is 10.8 Å². The third-order valence-electron chi connectivity index (χ3n) is 1.50. The maximum atomic E-state index is 5.27. The Morgan fingerprint density at radius 3 is 2.64 bits per heavy atom. The molecule has 0 aromatic heterocycles. The average Bonchev–Trinajstić information content (AvgIpc) is 2.17. The third-order valence-corrected chi connectivity index (χ3v) is 1.50. The number of nitrogens with two attached hydrogens (primary N) is 1. The van der Waals surface area contributed by atoms with E-state index in [-0.39, 0.29) is 6.04 Å². The normalized spacial score (nSPS) is 13.9. The number of nitrogens with zero attached hydrogens (tertiary/aromatic N) is 1. The van der Waals surface area contributed by atoms with Gasteiger partial charge in [0.05, 0.1) is 19.8 Å². The number of hydrogen-bond acceptors (Lipinski definition) is 4. The van der Waals surface area contributed by atoms with E-state index in [0.29, 0.717) is 25.7 Å². The molecule has 0 heterocycles. The zero-order valence-electron chi connectivity index (χ0n) is 9.04. The molecule has 0 radical (unpaired) electrons. The molecule has 0 bridgehead atoms. The SMILES string of the molecule is COCCN=C(NN)NC(C)COC. The smallest absolute Gasteiger partial charge is 0.206 e. The second kappa shape index (κ2) is 8.74. The highest BCUT2D eigenvalue weighted by Crippen LogP contribution is 1.82. The molecule has 4 N–H and O–H groups in total. The van der Waals surface area contributed by atoms with Crippen LogP contribution >= 0.6 is 0 Å². The molecule has 6 heteroatoms. The summed E-state index contributed by atoms with van der Waals surface area (Å²) < 4.78 is 9.82. The molecule has 0 saturated carbocycles. The van der Waals surface area contributed by atoms with Crippen LogP contribution in [0.25, 0.3) is 0 Å². The summed E-state index contributed by atoms with van der Waals surface area (Å²) in [5.41, 5.74) is 2.48. The van der Waals surface area contributed by atoms with Gasteiger partial charge in [0.25, 0.3) is 0 Å². The largest absolute Gasteiger partial charge is 0.383 e. The van der Waals surface area contributed by atoms with Gasteiger partial charge >= 0.3 is 0 Å². The first-order chi connectivity index (χ1) is 6.74. The molecule has 0 aromatic rings. The van der Waals surface area contributed by atoms with E-state index in [4.69, 9.17) is 15.3 Å². The van der Waals surface area contributed by atoms with Gasteiger partial charge in [-0.3, -0.25) is 5.43 Å². The van der Waals surface area contributed by atoms with Crippen LogP contribution < -0.4 is 16.6 Å². The molecular weight excluding hydrogens is 184 g/mol. The first-order valence-electron chi connectivity index (χ1n) is 4.50. The lowest BCUT2D eigenvalue weighted by molar-refractivity contribution is 0.178. The van der Waals surface area contributed by atoms with Crippen LogP contribution in [0.3, 0.4) is 0 Å². The minimum Gasteiger partial charge on any atom is -0.383 e. The fraction of sp³-hybridized carbons (Fsp3) is 0.875. The summed E-state index contributed by atoms with van der Waals surface area (Å²) in [6.07, 6.45) is 0. The molecule has 0 saturated heterocycles. The summed E-state index contributed by atoms with van der Waals surface area (Å²) in [4.78, 5) is 4.14. The van der Waals surface area contributed by atoms with Crippen LogP contribution in [0.4, 0.5) is 0 Å². The first kappa shape index (κ1) is 13.2. The van der Waals surface area contributed by atoms with E-state index in [1.54, 1.807) is 14.2 Å². The maximum Gasteiger partial charge on any atom is 0.206 e. The van der Waals surface area contributed by atoms with E-state index < -0.39 is 0 Å². The Hall–Kier alpha value is -0.850. The number of methoxy groups -OCH3 is 2. The van der Waals surface area contributed by atoms with Crippen LogP contribution in [0, 0.1) is 0 Å². The monoisotopic (exact) mass is 204 g/mol. The van der Waals surface area contributed by atoms with E-state index >= 15 is 0 Å². The van der Waals surface area contributed by atoms with Crippen molar-refractivity contribution in [2.75, 3.05) is 34.0 Å². The van der Waals surface area contributed by atoms with Crippen LogP contribution in [0.1, 0.15) is 6.92 Å². The third kappa shape index (κ3) is 6.64. The fourth-order valence-corrected chi connectivity index (χ4v) is 0.907. The molecule has 84 valence electrons. The van der Waals surface area contributed by atoms with Gasteiger partial charge in [0, 0.05) is 20.3 Å². The molecule has 1 unspecified atom stereocenters. The lowest BCUT2D eigenvalue weighted by atomic mass is 10.4. The van der Waals surface area contributed by atoms with Gasteiger partial charge < -0.3 is 14.8 Å². The molecular formula is C8H20N4O2. The van der Waals surface area contributed by atoms with Gasteiger partial charge in [-0.1, -0.05) is 0 Å².